The number of rotatable bonds is 2. The quantitative estimate of drug-likeness (QED) is 0.625. The number of nitrogens with zero attached hydrogens (tertiary/aromatic N) is 2. The molecule has 0 fully saturated rings. The smallest absolute Gasteiger partial charge is 0.272 e. The molecule has 130 valence electrons. The van der Waals surface area contributed by atoms with Crippen LogP contribution in [0.5, 0.6) is 0 Å². The number of hydrogen-bond donors (Lipinski definition) is 0. The molecule has 0 saturated heterocycles. The van der Waals surface area contributed by atoms with Crippen LogP contribution in [0.4, 0.5) is 18.9 Å². The first-order valence-electron chi connectivity index (χ1n) is 7.99. The Balaban J connectivity index is 1.92. The Morgan fingerprint density at radius 1 is 0.885 bits per heavy atom. The maximum absolute atomic E-state index is 13.0. The van der Waals surface area contributed by atoms with Crippen molar-refractivity contribution in [3.8, 4) is 11.1 Å². The molecule has 1 amide bonds. The minimum Gasteiger partial charge on any atom is -0.272 e. The predicted molar refractivity (Wildman–Crippen MR) is 95.0 cm³/mol. The van der Waals surface area contributed by atoms with E-state index in [2.05, 4.69) is 5.10 Å². The molecule has 3 aromatic rings. The SMILES string of the molecule is O=C1CC(C(F)(F)F)=NN1c1cc(-c2ccccc2)cc2ccccc12. The van der Waals surface area contributed by atoms with Crippen molar-refractivity contribution in [1.29, 1.82) is 0 Å². The summed E-state index contributed by atoms with van der Waals surface area (Å²) in [7, 11) is 0. The Kier molecular flexibility index (Phi) is 3.76. The molecular formula is C20H13F3N2O. The Hall–Kier alpha value is -3.15. The van der Waals surface area contributed by atoms with Crippen LogP contribution in [0.3, 0.4) is 0 Å². The van der Waals surface area contributed by atoms with Gasteiger partial charge in [0.2, 0.25) is 0 Å². The molecule has 1 aliphatic rings. The minimum absolute atomic E-state index is 0.353. The third-order valence-corrected chi connectivity index (χ3v) is 4.28. The van der Waals surface area contributed by atoms with Crippen LogP contribution in [0.15, 0.2) is 71.8 Å². The molecule has 0 spiro atoms. The summed E-state index contributed by atoms with van der Waals surface area (Å²) in [6.45, 7) is 0. The fourth-order valence-corrected chi connectivity index (χ4v) is 3.04. The van der Waals surface area contributed by atoms with Crippen LogP contribution in [0, 0.1) is 0 Å². The standard InChI is InChI=1S/C20H13F3N2O/c21-20(22,23)18-12-19(26)25(24-18)17-11-15(13-6-2-1-3-7-13)10-14-8-4-5-9-16(14)17/h1-11H,12H2. The number of halogens is 3. The zero-order valence-corrected chi connectivity index (χ0v) is 13.5. The molecule has 0 atom stereocenters. The monoisotopic (exact) mass is 354 g/mol. The molecule has 0 saturated carbocycles. The van der Waals surface area contributed by atoms with Gasteiger partial charge in [-0.1, -0.05) is 54.6 Å². The van der Waals surface area contributed by atoms with E-state index in [0.29, 0.717) is 11.1 Å². The molecule has 0 N–H and O–H groups in total. The molecule has 6 heteroatoms. The van der Waals surface area contributed by atoms with Crippen molar-refractivity contribution < 1.29 is 18.0 Å². The summed E-state index contributed by atoms with van der Waals surface area (Å²) in [4.78, 5) is 12.2. The van der Waals surface area contributed by atoms with Crippen molar-refractivity contribution in [3.63, 3.8) is 0 Å². The first-order valence-corrected chi connectivity index (χ1v) is 7.99. The van der Waals surface area contributed by atoms with Gasteiger partial charge in [0.1, 0.15) is 0 Å². The number of benzene rings is 3. The van der Waals surface area contributed by atoms with Crippen molar-refractivity contribution in [1.82, 2.24) is 0 Å². The first-order chi connectivity index (χ1) is 12.4. The van der Waals surface area contributed by atoms with E-state index in [1.807, 2.05) is 48.5 Å². The van der Waals surface area contributed by atoms with E-state index in [9.17, 15) is 18.0 Å². The van der Waals surface area contributed by atoms with Gasteiger partial charge in [-0.15, -0.1) is 0 Å². The fraction of sp³-hybridized carbons (Fsp3) is 0.100. The van der Waals surface area contributed by atoms with Gasteiger partial charge < -0.3 is 0 Å². The van der Waals surface area contributed by atoms with Crippen LogP contribution in [0.1, 0.15) is 6.42 Å². The van der Waals surface area contributed by atoms with Crippen LogP contribution in [-0.4, -0.2) is 17.8 Å². The largest absolute Gasteiger partial charge is 0.431 e. The van der Waals surface area contributed by atoms with E-state index in [1.54, 1.807) is 18.2 Å². The van der Waals surface area contributed by atoms with E-state index in [1.165, 1.54) is 0 Å². The van der Waals surface area contributed by atoms with Gasteiger partial charge in [-0.25, -0.2) is 0 Å². The van der Waals surface area contributed by atoms with Crippen molar-refractivity contribution in [2.24, 2.45) is 5.10 Å². The summed E-state index contributed by atoms with van der Waals surface area (Å²) in [6.07, 6.45) is -5.36. The molecule has 4 rings (SSSR count). The Morgan fingerprint density at radius 2 is 1.58 bits per heavy atom. The average Bonchev–Trinajstić information content (AvgIpc) is 3.03. The lowest BCUT2D eigenvalue weighted by Gasteiger charge is -2.17. The maximum atomic E-state index is 13.0. The van der Waals surface area contributed by atoms with Crippen molar-refractivity contribution in [3.05, 3.63) is 66.7 Å². The minimum atomic E-state index is -4.61. The van der Waals surface area contributed by atoms with Crippen molar-refractivity contribution in [2.75, 3.05) is 5.01 Å². The molecule has 0 aromatic heterocycles. The summed E-state index contributed by atoms with van der Waals surface area (Å²) in [5.74, 6) is -0.687. The third kappa shape index (κ3) is 2.83. The maximum Gasteiger partial charge on any atom is 0.431 e. The Bertz CT molecular complexity index is 1030. The Morgan fingerprint density at radius 3 is 2.27 bits per heavy atom. The third-order valence-electron chi connectivity index (χ3n) is 4.28. The van der Waals surface area contributed by atoms with Gasteiger partial charge in [0.15, 0.2) is 5.71 Å². The number of alkyl halides is 3. The molecular weight excluding hydrogens is 341 g/mol. The highest BCUT2D eigenvalue weighted by Gasteiger charge is 2.43. The van der Waals surface area contributed by atoms with E-state index in [0.717, 1.165) is 21.5 Å². The van der Waals surface area contributed by atoms with Crippen molar-refractivity contribution in [2.45, 2.75) is 12.6 Å². The van der Waals surface area contributed by atoms with E-state index < -0.39 is 24.2 Å². The summed E-state index contributed by atoms with van der Waals surface area (Å²) >= 11 is 0. The van der Waals surface area contributed by atoms with Crippen molar-refractivity contribution >= 4 is 28.1 Å². The molecule has 0 bridgehead atoms. The van der Waals surface area contributed by atoms with Gasteiger partial charge in [-0.3, -0.25) is 4.79 Å². The molecule has 0 unspecified atom stereocenters. The van der Waals surface area contributed by atoms with Crippen LogP contribution >= 0.6 is 0 Å². The van der Waals surface area contributed by atoms with Gasteiger partial charge in [0, 0.05) is 5.39 Å². The number of carbonyl (C=O) groups is 1. The summed E-state index contributed by atoms with van der Waals surface area (Å²) in [6, 6.07) is 20.4. The van der Waals surface area contributed by atoms with E-state index in [4.69, 9.17) is 0 Å². The molecule has 1 aliphatic heterocycles. The van der Waals surface area contributed by atoms with Gasteiger partial charge >= 0.3 is 6.18 Å². The van der Waals surface area contributed by atoms with Gasteiger partial charge in [-0.05, 0) is 28.6 Å². The summed E-state index contributed by atoms with van der Waals surface area (Å²) in [5, 5.41) is 5.94. The summed E-state index contributed by atoms with van der Waals surface area (Å²) in [5.41, 5.74) is 0.997. The highest BCUT2D eigenvalue weighted by molar-refractivity contribution is 6.17. The molecule has 0 aliphatic carbocycles. The van der Waals surface area contributed by atoms with Gasteiger partial charge in [0.25, 0.3) is 5.91 Å². The molecule has 3 nitrogen and oxygen atoms in total. The first kappa shape index (κ1) is 16.3. The lowest BCUT2D eigenvalue weighted by molar-refractivity contribution is -0.117. The van der Waals surface area contributed by atoms with Gasteiger partial charge in [0.05, 0.1) is 12.1 Å². The van der Waals surface area contributed by atoms with Crippen LogP contribution in [0.25, 0.3) is 21.9 Å². The number of hydrogen-bond acceptors (Lipinski definition) is 2. The molecule has 3 aromatic carbocycles. The van der Waals surface area contributed by atoms with Crippen LogP contribution < -0.4 is 5.01 Å². The van der Waals surface area contributed by atoms with Crippen LogP contribution in [0.2, 0.25) is 0 Å². The number of carbonyl (C=O) groups excluding carboxylic acids is 1. The number of anilines is 1. The molecule has 0 radical (unpaired) electrons. The normalized spacial score (nSPS) is 14.8. The topological polar surface area (TPSA) is 32.7 Å². The fourth-order valence-electron chi connectivity index (χ4n) is 3.04. The predicted octanol–water partition coefficient (Wildman–Crippen LogP) is 5.16. The summed E-state index contributed by atoms with van der Waals surface area (Å²) < 4.78 is 38.9. The van der Waals surface area contributed by atoms with Crippen LogP contribution in [-0.2, 0) is 4.79 Å². The lowest BCUT2D eigenvalue weighted by atomic mass is 9.99. The average molecular weight is 354 g/mol. The van der Waals surface area contributed by atoms with E-state index >= 15 is 0 Å². The zero-order valence-electron chi connectivity index (χ0n) is 13.5. The Labute approximate surface area is 147 Å². The highest BCUT2D eigenvalue weighted by atomic mass is 19.4. The second-order valence-electron chi connectivity index (χ2n) is 6.01. The second-order valence-corrected chi connectivity index (χ2v) is 6.01. The number of amides is 1. The lowest BCUT2D eigenvalue weighted by Crippen LogP contribution is -2.22. The number of hydrazone groups is 1. The van der Waals surface area contributed by atoms with Gasteiger partial charge in [-0.2, -0.15) is 23.3 Å². The van der Waals surface area contributed by atoms with E-state index in [-0.39, 0.29) is 0 Å². The number of fused-ring (bicyclic) bond motifs is 1. The second kappa shape index (κ2) is 5.98. The molecule has 26 heavy (non-hydrogen) atoms. The highest BCUT2D eigenvalue weighted by Crippen LogP contribution is 2.36. The zero-order chi connectivity index (χ0) is 18.3. The molecule has 1 heterocycles.